The smallest absolute Gasteiger partial charge is 0.0822 e. The summed E-state index contributed by atoms with van der Waals surface area (Å²) in [4.78, 5) is 0. The zero-order chi connectivity index (χ0) is 12.8. The van der Waals surface area contributed by atoms with Crippen LogP contribution in [0.1, 0.15) is 60.3 Å². The maximum atomic E-state index is 10.1. The van der Waals surface area contributed by atoms with Gasteiger partial charge >= 0.3 is 0 Å². The molecular formula is C15H28O. The van der Waals surface area contributed by atoms with Crippen LogP contribution >= 0.6 is 0 Å². The molecule has 0 aromatic carbocycles. The standard InChI is InChI=1S/C15H28O/c1-7-15(16,8-2)11-9-10-13(3)12-14(4,5)6/h9,11,16H,3,7-8,10,12H2,1-2,4-6H3/b11-9+. The summed E-state index contributed by atoms with van der Waals surface area (Å²) in [6.45, 7) is 14.8. The molecule has 0 amide bonds. The molecule has 0 aromatic heterocycles. The van der Waals surface area contributed by atoms with E-state index in [0.717, 1.165) is 25.7 Å². The van der Waals surface area contributed by atoms with Crippen LogP contribution in [0.4, 0.5) is 0 Å². The van der Waals surface area contributed by atoms with Crippen molar-refractivity contribution >= 4 is 0 Å². The first-order chi connectivity index (χ1) is 7.22. The average Bonchev–Trinajstić information content (AvgIpc) is 2.14. The summed E-state index contributed by atoms with van der Waals surface area (Å²) in [7, 11) is 0. The molecule has 0 aliphatic rings. The summed E-state index contributed by atoms with van der Waals surface area (Å²) in [5.41, 5.74) is 0.914. The Bertz CT molecular complexity index is 239. The highest BCUT2D eigenvalue weighted by Crippen LogP contribution is 2.25. The van der Waals surface area contributed by atoms with Crippen LogP contribution in [0, 0.1) is 5.41 Å². The normalized spacial score (nSPS) is 13.4. The Balaban J connectivity index is 4.15. The van der Waals surface area contributed by atoms with E-state index in [1.165, 1.54) is 5.57 Å². The van der Waals surface area contributed by atoms with Gasteiger partial charge in [-0.3, -0.25) is 0 Å². The second-order valence-corrected chi connectivity index (χ2v) is 5.90. The van der Waals surface area contributed by atoms with Gasteiger partial charge in [0, 0.05) is 0 Å². The minimum Gasteiger partial charge on any atom is -0.386 e. The molecule has 0 radical (unpaired) electrons. The van der Waals surface area contributed by atoms with Gasteiger partial charge in [0.1, 0.15) is 0 Å². The van der Waals surface area contributed by atoms with Gasteiger partial charge in [0.15, 0.2) is 0 Å². The molecular weight excluding hydrogens is 196 g/mol. The fourth-order valence-electron chi connectivity index (χ4n) is 1.75. The third-order valence-electron chi connectivity index (χ3n) is 2.84. The van der Waals surface area contributed by atoms with Crippen LogP contribution in [0.15, 0.2) is 24.3 Å². The van der Waals surface area contributed by atoms with Crippen molar-refractivity contribution in [3.63, 3.8) is 0 Å². The molecule has 0 aliphatic carbocycles. The molecule has 1 N–H and O–H groups in total. The lowest BCUT2D eigenvalue weighted by Crippen LogP contribution is -2.22. The van der Waals surface area contributed by atoms with E-state index in [9.17, 15) is 5.11 Å². The van der Waals surface area contributed by atoms with E-state index in [-0.39, 0.29) is 0 Å². The van der Waals surface area contributed by atoms with Gasteiger partial charge in [0.25, 0.3) is 0 Å². The highest BCUT2D eigenvalue weighted by molar-refractivity contribution is 5.08. The predicted octanol–water partition coefficient (Wildman–Crippen LogP) is 4.48. The largest absolute Gasteiger partial charge is 0.386 e. The fourth-order valence-corrected chi connectivity index (χ4v) is 1.75. The number of aliphatic hydroxyl groups is 1. The van der Waals surface area contributed by atoms with Crippen molar-refractivity contribution in [2.75, 3.05) is 0 Å². The molecule has 1 heteroatoms. The molecule has 0 unspecified atom stereocenters. The SMILES string of the molecule is C=C(C/C=C/C(O)(CC)CC)CC(C)(C)C. The quantitative estimate of drug-likeness (QED) is 0.660. The van der Waals surface area contributed by atoms with Gasteiger partial charge in [-0.15, -0.1) is 0 Å². The molecule has 0 heterocycles. The van der Waals surface area contributed by atoms with Crippen LogP contribution in [0.2, 0.25) is 0 Å². The van der Waals surface area contributed by atoms with Crippen LogP contribution in [-0.4, -0.2) is 10.7 Å². The van der Waals surface area contributed by atoms with E-state index in [2.05, 4.69) is 33.4 Å². The Morgan fingerprint density at radius 1 is 1.19 bits per heavy atom. The van der Waals surface area contributed by atoms with Gasteiger partial charge in [-0.1, -0.05) is 58.9 Å². The highest BCUT2D eigenvalue weighted by Gasteiger charge is 2.17. The van der Waals surface area contributed by atoms with Gasteiger partial charge in [-0.25, -0.2) is 0 Å². The zero-order valence-electron chi connectivity index (χ0n) is 11.6. The Kier molecular flexibility index (Phi) is 6.02. The molecule has 0 saturated heterocycles. The predicted molar refractivity (Wildman–Crippen MR) is 72.5 cm³/mol. The Morgan fingerprint density at radius 3 is 2.06 bits per heavy atom. The summed E-state index contributed by atoms with van der Waals surface area (Å²) in [5.74, 6) is 0. The van der Waals surface area contributed by atoms with Crippen molar-refractivity contribution in [1.82, 2.24) is 0 Å². The number of rotatable bonds is 6. The fraction of sp³-hybridized carbons (Fsp3) is 0.733. The molecule has 0 rings (SSSR count). The van der Waals surface area contributed by atoms with Gasteiger partial charge in [-0.2, -0.15) is 0 Å². The molecule has 0 aliphatic heterocycles. The van der Waals surface area contributed by atoms with Crippen molar-refractivity contribution in [3.8, 4) is 0 Å². The second kappa shape index (κ2) is 6.24. The Labute approximate surface area is 101 Å². The summed E-state index contributed by atoms with van der Waals surface area (Å²) < 4.78 is 0. The van der Waals surface area contributed by atoms with E-state index >= 15 is 0 Å². The van der Waals surface area contributed by atoms with E-state index in [1.54, 1.807) is 0 Å². The topological polar surface area (TPSA) is 20.2 Å². The molecule has 94 valence electrons. The monoisotopic (exact) mass is 224 g/mol. The molecule has 16 heavy (non-hydrogen) atoms. The lowest BCUT2D eigenvalue weighted by molar-refractivity contribution is 0.0826. The first kappa shape index (κ1) is 15.4. The lowest BCUT2D eigenvalue weighted by atomic mass is 9.87. The van der Waals surface area contributed by atoms with E-state index < -0.39 is 5.60 Å². The molecule has 0 fully saturated rings. The first-order valence-corrected chi connectivity index (χ1v) is 6.29. The zero-order valence-corrected chi connectivity index (χ0v) is 11.6. The molecule has 0 bridgehead atoms. The number of allylic oxidation sites excluding steroid dienone is 2. The third kappa shape index (κ3) is 6.84. The van der Waals surface area contributed by atoms with Crippen molar-refractivity contribution in [1.29, 1.82) is 0 Å². The van der Waals surface area contributed by atoms with Gasteiger partial charge < -0.3 is 5.11 Å². The van der Waals surface area contributed by atoms with Crippen LogP contribution in [0.5, 0.6) is 0 Å². The van der Waals surface area contributed by atoms with Crippen molar-refractivity contribution in [2.24, 2.45) is 5.41 Å². The van der Waals surface area contributed by atoms with Crippen LogP contribution in [-0.2, 0) is 0 Å². The van der Waals surface area contributed by atoms with Crippen LogP contribution < -0.4 is 0 Å². The molecule has 0 aromatic rings. The highest BCUT2D eigenvalue weighted by atomic mass is 16.3. The Hall–Kier alpha value is -0.560. The van der Waals surface area contributed by atoms with E-state index in [1.807, 2.05) is 19.9 Å². The van der Waals surface area contributed by atoms with Crippen molar-refractivity contribution in [2.45, 2.75) is 65.9 Å². The second-order valence-electron chi connectivity index (χ2n) is 5.90. The minimum atomic E-state index is -0.623. The summed E-state index contributed by atoms with van der Waals surface area (Å²) in [6.07, 6.45) is 7.44. The summed E-state index contributed by atoms with van der Waals surface area (Å²) in [5, 5.41) is 10.1. The van der Waals surface area contributed by atoms with E-state index in [4.69, 9.17) is 0 Å². The van der Waals surface area contributed by atoms with Crippen molar-refractivity contribution < 1.29 is 5.11 Å². The molecule has 0 atom stereocenters. The van der Waals surface area contributed by atoms with Crippen LogP contribution in [0.3, 0.4) is 0 Å². The van der Waals surface area contributed by atoms with Crippen LogP contribution in [0.25, 0.3) is 0 Å². The van der Waals surface area contributed by atoms with Gasteiger partial charge in [-0.05, 0) is 31.1 Å². The minimum absolute atomic E-state index is 0.302. The van der Waals surface area contributed by atoms with Crippen molar-refractivity contribution in [3.05, 3.63) is 24.3 Å². The first-order valence-electron chi connectivity index (χ1n) is 6.29. The lowest BCUT2D eigenvalue weighted by Gasteiger charge is -2.21. The number of hydrogen-bond acceptors (Lipinski definition) is 1. The maximum Gasteiger partial charge on any atom is 0.0822 e. The van der Waals surface area contributed by atoms with Gasteiger partial charge in [0.2, 0.25) is 0 Å². The molecule has 0 spiro atoms. The third-order valence-corrected chi connectivity index (χ3v) is 2.84. The maximum absolute atomic E-state index is 10.1. The molecule has 1 nitrogen and oxygen atoms in total. The van der Waals surface area contributed by atoms with E-state index in [0.29, 0.717) is 5.41 Å². The number of hydrogen-bond donors (Lipinski definition) is 1. The summed E-state index contributed by atoms with van der Waals surface area (Å²) >= 11 is 0. The molecule has 0 saturated carbocycles. The average molecular weight is 224 g/mol. The Morgan fingerprint density at radius 2 is 1.69 bits per heavy atom. The summed E-state index contributed by atoms with van der Waals surface area (Å²) in [6, 6.07) is 0. The van der Waals surface area contributed by atoms with Gasteiger partial charge in [0.05, 0.1) is 5.60 Å².